The quantitative estimate of drug-likeness (QED) is 0.138. The molecular formula is C27H31N9O. The van der Waals surface area contributed by atoms with E-state index in [1.807, 2.05) is 55.6 Å². The minimum atomic E-state index is -0.0927. The number of hydrazine groups is 1. The molecule has 190 valence electrons. The van der Waals surface area contributed by atoms with Crippen LogP contribution >= 0.6 is 0 Å². The Morgan fingerprint density at radius 1 is 1.08 bits per heavy atom. The number of rotatable bonds is 6. The molecule has 1 aliphatic carbocycles. The van der Waals surface area contributed by atoms with Crippen molar-refractivity contribution >= 4 is 23.1 Å². The smallest absolute Gasteiger partial charge is 0.236 e. The van der Waals surface area contributed by atoms with Gasteiger partial charge in [-0.1, -0.05) is 36.4 Å². The maximum atomic E-state index is 11.9. The molecule has 1 aromatic carbocycles. The van der Waals surface area contributed by atoms with Gasteiger partial charge in [0.25, 0.3) is 0 Å². The Morgan fingerprint density at radius 3 is 2.49 bits per heavy atom. The third-order valence-electron chi connectivity index (χ3n) is 7.30. The van der Waals surface area contributed by atoms with Crippen LogP contribution in [0.5, 0.6) is 0 Å². The number of hydrazone groups is 1. The van der Waals surface area contributed by atoms with Gasteiger partial charge in [-0.3, -0.25) is 15.2 Å². The highest BCUT2D eigenvalue weighted by atomic mass is 16.2. The minimum absolute atomic E-state index is 0.0404. The molecule has 0 bridgehead atoms. The normalized spacial score (nSPS) is 18.2. The number of amides is 1. The molecule has 0 atom stereocenters. The molecule has 3 aromatic heterocycles. The number of nitrogens with one attached hydrogen (secondary N) is 1. The largest absolute Gasteiger partial charge is 0.383 e. The summed E-state index contributed by atoms with van der Waals surface area (Å²) in [5.74, 6) is 11.7. The Balaban J connectivity index is 1.49. The molecule has 37 heavy (non-hydrogen) atoms. The van der Waals surface area contributed by atoms with E-state index in [0.29, 0.717) is 35.1 Å². The topological polar surface area (TPSA) is 163 Å². The molecule has 0 radical (unpaired) electrons. The molecule has 1 saturated carbocycles. The Bertz CT molecular complexity index is 1440. The molecule has 4 aromatic rings. The standard InChI is InChI=1S/C27H31N9O/c1-16(34-29)24-23(13-17-7-9-19(10-8-17)27(37)35-30)33-26-21(15-32-36(26)25(24)28)20-11-12-22(31-14-20)18-5-3-2-4-6-18/h2-6,11-12,14-15,17,19H,7-10,13,28-30H2,1H3,(H,35,37). The van der Waals surface area contributed by atoms with E-state index in [9.17, 15) is 4.79 Å². The lowest BCUT2D eigenvalue weighted by molar-refractivity contribution is -0.126. The fourth-order valence-electron chi connectivity index (χ4n) is 5.23. The second-order valence-electron chi connectivity index (χ2n) is 9.56. The zero-order valence-electron chi connectivity index (χ0n) is 20.8. The van der Waals surface area contributed by atoms with Crippen LogP contribution in [0.2, 0.25) is 0 Å². The zero-order valence-corrected chi connectivity index (χ0v) is 20.8. The van der Waals surface area contributed by atoms with Crippen molar-refractivity contribution in [2.24, 2.45) is 28.6 Å². The first-order valence-corrected chi connectivity index (χ1v) is 12.4. The van der Waals surface area contributed by atoms with E-state index in [-0.39, 0.29) is 11.8 Å². The Kier molecular flexibility index (Phi) is 6.82. The molecule has 0 spiro atoms. The first-order chi connectivity index (χ1) is 18.0. The lowest BCUT2D eigenvalue weighted by Crippen LogP contribution is -2.37. The summed E-state index contributed by atoms with van der Waals surface area (Å²) in [6, 6.07) is 14.1. The van der Waals surface area contributed by atoms with Crippen molar-refractivity contribution in [1.82, 2.24) is 25.0 Å². The lowest BCUT2D eigenvalue weighted by atomic mass is 9.79. The van der Waals surface area contributed by atoms with Gasteiger partial charge in [-0.15, -0.1) is 0 Å². The third kappa shape index (κ3) is 4.75. The number of fused-ring (bicyclic) bond motifs is 1. The number of carbonyl (C=O) groups is 1. The van der Waals surface area contributed by atoms with Gasteiger partial charge in [-0.05, 0) is 51.0 Å². The van der Waals surface area contributed by atoms with Gasteiger partial charge in [-0.2, -0.15) is 14.7 Å². The van der Waals surface area contributed by atoms with Crippen molar-refractivity contribution in [2.75, 3.05) is 5.73 Å². The van der Waals surface area contributed by atoms with Crippen molar-refractivity contribution < 1.29 is 4.79 Å². The maximum absolute atomic E-state index is 11.9. The number of anilines is 1. The SMILES string of the molecule is CC(=NN)c1c(CC2CCC(C(=O)NN)CC2)nc2c(-c3ccc(-c4ccccc4)nc3)cnn2c1N. The van der Waals surface area contributed by atoms with E-state index in [0.717, 1.165) is 53.8 Å². The molecule has 5 rings (SSSR count). The Hall–Kier alpha value is -4.31. The van der Waals surface area contributed by atoms with Crippen LogP contribution in [0.1, 0.15) is 43.9 Å². The van der Waals surface area contributed by atoms with Crippen LogP contribution < -0.4 is 22.8 Å². The monoisotopic (exact) mass is 497 g/mol. The van der Waals surface area contributed by atoms with E-state index in [4.69, 9.17) is 22.4 Å². The molecule has 10 nitrogen and oxygen atoms in total. The number of benzene rings is 1. The Morgan fingerprint density at radius 2 is 1.84 bits per heavy atom. The van der Waals surface area contributed by atoms with Gasteiger partial charge in [0.15, 0.2) is 5.65 Å². The number of hydrogen-bond acceptors (Lipinski definition) is 8. The predicted octanol–water partition coefficient (Wildman–Crippen LogP) is 3.06. The summed E-state index contributed by atoms with van der Waals surface area (Å²) in [5.41, 5.74) is 15.4. The maximum Gasteiger partial charge on any atom is 0.236 e. The average Bonchev–Trinajstić information content (AvgIpc) is 3.37. The number of nitrogen functional groups attached to an aromatic ring is 1. The summed E-state index contributed by atoms with van der Waals surface area (Å²) >= 11 is 0. The number of nitrogens with two attached hydrogens (primary N) is 3. The highest BCUT2D eigenvalue weighted by Crippen LogP contribution is 2.34. The highest BCUT2D eigenvalue weighted by molar-refractivity contribution is 6.04. The van der Waals surface area contributed by atoms with Crippen LogP contribution in [0.25, 0.3) is 28.0 Å². The summed E-state index contributed by atoms with van der Waals surface area (Å²) < 4.78 is 1.64. The van der Waals surface area contributed by atoms with Gasteiger partial charge in [0.1, 0.15) is 5.82 Å². The zero-order chi connectivity index (χ0) is 25.9. The van der Waals surface area contributed by atoms with Crippen LogP contribution in [0, 0.1) is 11.8 Å². The molecule has 0 saturated heterocycles. The fraction of sp³-hybridized carbons (Fsp3) is 0.296. The van der Waals surface area contributed by atoms with Gasteiger partial charge in [0.05, 0.1) is 28.9 Å². The summed E-state index contributed by atoms with van der Waals surface area (Å²) in [7, 11) is 0. The van der Waals surface area contributed by atoms with Crippen LogP contribution in [-0.4, -0.2) is 31.2 Å². The van der Waals surface area contributed by atoms with Crippen molar-refractivity contribution in [3.8, 4) is 22.4 Å². The molecule has 0 unspecified atom stereocenters. The molecule has 1 fully saturated rings. The van der Waals surface area contributed by atoms with E-state index in [2.05, 4.69) is 20.6 Å². The van der Waals surface area contributed by atoms with Gasteiger partial charge in [0, 0.05) is 28.8 Å². The van der Waals surface area contributed by atoms with Gasteiger partial charge in [0.2, 0.25) is 5.91 Å². The van der Waals surface area contributed by atoms with Gasteiger partial charge >= 0.3 is 0 Å². The summed E-state index contributed by atoms with van der Waals surface area (Å²) in [6.07, 6.45) is 7.69. The molecule has 1 aliphatic rings. The summed E-state index contributed by atoms with van der Waals surface area (Å²) in [5, 5.41) is 8.44. The van der Waals surface area contributed by atoms with Gasteiger partial charge in [-0.25, -0.2) is 10.8 Å². The fourth-order valence-corrected chi connectivity index (χ4v) is 5.23. The second kappa shape index (κ2) is 10.4. The second-order valence-corrected chi connectivity index (χ2v) is 9.56. The summed E-state index contributed by atoms with van der Waals surface area (Å²) in [4.78, 5) is 21.6. The number of aromatic nitrogens is 4. The molecule has 10 heteroatoms. The van der Waals surface area contributed by atoms with E-state index >= 15 is 0 Å². The van der Waals surface area contributed by atoms with Crippen molar-refractivity contribution in [2.45, 2.75) is 39.0 Å². The lowest BCUT2D eigenvalue weighted by Gasteiger charge is -2.27. The molecule has 7 N–H and O–H groups in total. The minimum Gasteiger partial charge on any atom is -0.383 e. The van der Waals surface area contributed by atoms with Crippen LogP contribution in [0.3, 0.4) is 0 Å². The number of nitrogens with zero attached hydrogens (tertiary/aromatic N) is 5. The first kappa shape index (κ1) is 24.4. The highest BCUT2D eigenvalue weighted by Gasteiger charge is 2.28. The van der Waals surface area contributed by atoms with Crippen molar-refractivity contribution in [3.05, 3.63) is 66.1 Å². The number of hydrogen-bond donors (Lipinski definition) is 4. The van der Waals surface area contributed by atoms with E-state index in [1.165, 1.54) is 0 Å². The van der Waals surface area contributed by atoms with E-state index in [1.54, 1.807) is 10.7 Å². The first-order valence-electron chi connectivity index (χ1n) is 12.4. The Labute approximate surface area is 215 Å². The molecule has 3 heterocycles. The van der Waals surface area contributed by atoms with Crippen LogP contribution in [0.15, 0.2) is 60.0 Å². The molecule has 0 aliphatic heterocycles. The number of carbonyl (C=O) groups excluding carboxylic acids is 1. The third-order valence-corrected chi connectivity index (χ3v) is 7.30. The van der Waals surface area contributed by atoms with E-state index < -0.39 is 0 Å². The van der Waals surface area contributed by atoms with Crippen molar-refractivity contribution in [3.63, 3.8) is 0 Å². The molecule has 1 amide bonds. The van der Waals surface area contributed by atoms with Crippen LogP contribution in [-0.2, 0) is 11.2 Å². The number of pyridine rings is 1. The predicted molar refractivity (Wildman–Crippen MR) is 144 cm³/mol. The molecular weight excluding hydrogens is 466 g/mol. The van der Waals surface area contributed by atoms with Crippen LogP contribution in [0.4, 0.5) is 5.82 Å². The average molecular weight is 498 g/mol. The van der Waals surface area contributed by atoms with Gasteiger partial charge < -0.3 is 11.6 Å². The summed E-state index contributed by atoms with van der Waals surface area (Å²) in [6.45, 7) is 1.82. The van der Waals surface area contributed by atoms with Crippen molar-refractivity contribution in [1.29, 1.82) is 0 Å².